The molecule has 0 bridgehead atoms. The molecular formula is C43H43Cl2OSiZr. The SMILES string of the molecule is Cc1cc(C)cc(-c2c(C)ccc3c2C=C(C2C(c4ccc(C)o4)=Cc4c2ccc(C)c4-c2cc(C)cc(C)c2)[CH]3[Zr+2]=[Si](C)C)c1.[Cl-].[Cl-]. The molecule has 0 aliphatic heterocycles. The fraction of sp³-hybridized carbons (Fsp3) is 0.256. The molecular weight excluding hydrogens is 723 g/mol. The van der Waals surface area contributed by atoms with Crippen LogP contribution in [0, 0.1) is 48.5 Å². The van der Waals surface area contributed by atoms with Gasteiger partial charge in [0.2, 0.25) is 0 Å². The van der Waals surface area contributed by atoms with Crippen LogP contribution in [-0.4, -0.2) is 5.43 Å². The van der Waals surface area contributed by atoms with Gasteiger partial charge in [0, 0.05) is 0 Å². The van der Waals surface area contributed by atoms with Gasteiger partial charge in [0.15, 0.2) is 0 Å². The zero-order valence-electron chi connectivity index (χ0n) is 29.4. The fourth-order valence-corrected chi connectivity index (χ4v) is 16.8. The van der Waals surface area contributed by atoms with E-state index >= 15 is 0 Å². The van der Waals surface area contributed by atoms with E-state index in [0.29, 0.717) is 3.63 Å². The van der Waals surface area contributed by atoms with Gasteiger partial charge < -0.3 is 24.8 Å². The number of allylic oxidation sites excluding steroid dienone is 2. The van der Waals surface area contributed by atoms with E-state index in [1.54, 1.807) is 11.1 Å². The van der Waals surface area contributed by atoms with Crippen molar-refractivity contribution in [1.29, 1.82) is 0 Å². The van der Waals surface area contributed by atoms with E-state index in [0.717, 1.165) is 11.5 Å². The Morgan fingerprint density at radius 2 is 1.08 bits per heavy atom. The van der Waals surface area contributed by atoms with E-state index in [9.17, 15) is 0 Å². The summed E-state index contributed by atoms with van der Waals surface area (Å²) in [6.45, 7) is 20.6. The quantitative estimate of drug-likeness (QED) is 0.204. The van der Waals surface area contributed by atoms with E-state index in [4.69, 9.17) is 4.42 Å². The van der Waals surface area contributed by atoms with Crippen molar-refractivity contribution in [2.45, 2.75) is 71.1 Å². The Kier molecular flexibility index (Phi) is 10.9. The standard InChI is InChI=1S/C41H37O.C2H6Si.2ClH.Zr/c1-23-14-24(2)17-31(16-23)39-27(5)8-11-30-20-33(21-35(30)39)41-34-12-9-28(6)40(32-18-25(3)15-26(4)19-32)36(34)22-37(41)38-13-10-29(7)42-38;1-3-2;;;/h8-22,41H,1-7H3;1-2H3;2*1H;/q;;;;+2/p-2. The van der Waals surface area contributed by atoms with Crippen molar-refractivity contribution in [2.24, 2.45) is 0 Å². The Balaban J connectivity index is 0.00000225. The van der Waals surface area contributed by atoms with Gasteiger partial charge >= 0.3 is 288 Å². The zero-order valence-corrected chi connectivity index (χ0v) is 34.4. The van der Waals surface area contributed by atoms with Gasteiger partial charge in [-0.05, 0) is 0 Å². The van der Waals surface area contributed by atoms with Crippen molar-refractivity contribution in [3.05, 3.63) is 146 Å². The number of rotatable bonds is 5. The maximum Gasteiger partial charge on any atom is -1.00 e. The molecule has 0 spiro atoms. The average molecular weight is 766 g/mol. The molecule has 0 radical (unpaired) electrons. The molecule has 4 aromatic carbocycles. The number of fused-ring (bicyclic) bond motifs is 2. The molecule has 0 amide bonds. The Hall–Kier alpha value is -2.68. The molecule has 0 N–H and O–H groups in total. The minimum Gasteiger partial charge on any atom is -1.00 e. The Morgan fingerprint density at radius 3 is 1.56 bits per heavy atom. The van der Waals surface area contributed by atoms with Crippen molar-refractivity contribution >= 4 is 23.2 Å². The van der Waals surface area contributed by atoms with Crippen LogP contribution in [0.25, 0.3) is 40.0 Å². The van der Waals surface area contributed by atoms with E-state index in [2.05, 4.69) is 147 Å². The summed E-state index contributed by atoms with van der Waals surface area (Å²) < 4.78 is 7.01. The molecule has 0 saturated heterocycles. The summed E-state index contributed by atoms with van der Waals surface area (Å²) in [6, 6.07) is 28.0. The molecule has 7 rings (SSSR count). The number of benzene rings is 4. The van der Waals surface area contributed by atoms with Crippen LogP contribution in [-0.2, 0) is 21.9 Å². The largest absolute Gasteiger partial charge is 1.00 e. The van der Waals surface area contributed by atoms with Crippen LogP contribution in [0.15, 0.2) is 82.8 Å². The second kappa shape index (κ2) is 14.3. The topological polar surface area (TPSA) is 13.1 Å². The third-order valence-electron chi connectivity index (χ3n) is 9.66. The third-order valence-corrected chi connectivity index (χ3v) is 18.5. The zero-order chi connectivity index (χ0) is 32.4. The first-order chi connectivity index (χ1) is 22.0. The van der Waals surface area contributed by atoms with Gasteiger partial charge in [-0.2, -0.15) is 0 Å². The number of furan rings is 1. The van der Waals surface area contributed by atoms with E-state index < -0.39 is 21.9 Å². The van der Waals surface area contributed by atoms with Crippen LogP contribution in [0.2, 0.25) is 13.1 Å². The van der Waals surface area contributed by atoms with E-state index in [-0.39, 0.29) is 36.2 Å². The van der Waals surface area contributed by atoms with Crippen molar-refractivity contribution in [3.8, 4) is 22.3 Å². The molecule has 0 fully saturated rings. The van der Waals surface area contributed by atoms with Crippen LogP contribution in [0.3, 0.4) is 0 Å². The molecule has 243 valence electrons. The van der Waals surface area contributed by atoms with Crippen LogP contribution in [0.1, 0.15) is 76.7 Å². The molecule has 2 aliphatic carbocycles. The summed E-state index contributed by atoms with van der Waals surface area (Å²) >= 11 is -0.751. The summed E-state index contributed by atoms with van der Waals surface area (Å²) in [5.41, 5.74) is 21.8. The molecule has 1 heterocycles. The number of aryl methyl sites for hydroxylation is 7. The van der Waals surface area contributed by atoms with Gasteiger partial charge in [0.1, 0.15) is 0 Å². The number of halogens is 2. The molecule has 2 atom stereocenters. The second-order valence-electron chi connectivity index (χ2n) is 13.9. The van der Waals surface area contributed by atoms with Gasteiger partial charge in [0.05, 0.1) is 0 Å². The Bertz CT molecular complexity index is 2120. The first-order valence-corrected chi connectivity index (χ1v) is 24.1. The minimum absolute atomic E-state index is 0. The maximum absolute atomic E-state index is 6.46. The molecule has 0 saturated carbocycles. The Labute approximate surface area is 310 Å². The predicted molar refractivity (Wildman–Crippen MR) is 194 cm³/mol. The monoisotopic (exact) mass is 763 g/mol. The Morgan fingerprint density at radius 1 is 0.583 bits per heavy atom. The average Bonchev–Trinajstić information content (AvgIpc) is 3.66. The molecule has 5 aromatic rings. The predicted octanol–water partition coefficient (Wildman–Crippen LogP) is 5.89. The number of hydrogen-bond acceptors (Lipinski definition) is 1. The van der Waals surface area contributed by atoms with E-state index in [1.165, 1.54) is 77.9 Å². The van der Waals surface area contributed by atoms with Gasteiger partial charge in [-0.15, -0.1) is 0 Å². The van der Waals surface area contributed by atoms with Crippen LogP contribution < -0.4 is 24.8 Å². The van der Waals surface area contributed by atoms with Gasteiger partial charge in [-0.3, -0.25) is 0 Å². The molecule has 5 heteroatoms. The van der Waals surface area contributed by atoms with Gasteiger partial charge in [0.25, 0.3) is 0 Å². The summed E-state index contributed by atoms with van der Waals surface area (Å²) in [6.07, 6.45) is 5.11. The van der Waals surface area contributed by atoms with Crippen molar-refractivity contribution in [1.82, 2.24) is 0 Å². The summed E-state index contributed by atoms with van der Waals surface area (Å²) in [5.74, 6) is 2.15. The number of hydrogen-bond donors (Lipinski definition) is 0. The fourth-order valence-electron chi connectivity index (χ4n) is 8.01. The smallest absolute Gasteiger partial charge is 1.00 e. The van der Waals surface area contributed by atoms with Crippen molar-refractivity contribution in [2.75, 3.05) is 0 Å². The first kappa shape index (κ1) is 36.6. The van der Waals surface area contributed by atoms with Crippen LogP contribution in [0.5, 0.6) is 0 Å². The third kappa shape index (κ3) is 6.61. The first-order valence-electron chi connectivity index (χ1n) is 16.5. The minimum atomic E-state index is -0.751. The molecule has 2 aliphatic rings. The van der Waals surface area contributed by atoms with Gasteiger partial charge in [-0.1, -0.05) is 0 Å². The van der Waals surface area contributed by atoms with E-state index in [1.807, 2.05) is 0 Å². The van der Waals surface area contributed by atoms with Crippen molar-refractivity contribution < 1.29 is 51.1 Å². The van der Waals surface area contributed by atoms with Gasteiger partial charge in [-0.25, -0.2) is 0 Å². The molecule has 48 heavy (non-hydrogen) atoms. The van der Waals surface area contributed by atoms with Crippen LogP contribution in [0.4, 0.5) is 0 Å². The molecule has 1 nitrogen and oxygen atoms in total. The van der Waals surface area contributed by atoms with Crippen molar-refractivity contribution in [3.63, 3.8) is 0 Å². The van der Waals surface area contributed by atoms with Crippen LogP contribution >= 0.6 is 0 Å². The second-order valence-corrected chi connectivity index (χ2v) is 27.1. The summed E-state index contributed by atoms with van der Waals surface area (Å²) in [7, 11) is 0. The summed E-state index contributed by atoms with van der Waals surface area (Å²) in [4.78, 5) is 0. The molecule has 2 unspecified atom stereocenters. The molecule has 1 aromatic heterocycles. The summed E-state index contributed by atoms with van der Waals surface area (Å²) in [5, 5.41) is 0. The normalized spacial score (nSPS) is 15.9. The maximum atomic E-state index is 6.46.